The Kier molecular flexibility index (Phi) is 4.08. The molecule has 1 aliphatic rings. The highest BCUT2D eigenvalue weighted by atomic mass is 16.1. The number of hydrogen-bond acceptors (Lipinski definition) is 2. The summed E-state index contributed by atoms with van der Waals surface area (Å²) in [4.78, 5) is 12.9. The molecule has 0 spiro atoms. The molecule has 2 N–H and O–H groups in total. The summed E-state index contributed by atoms with van der Waals surface area (Å²) in [6.07, 6.45) is 5.46. The van der Waals surface area contributed by atoms with Crippen LogP contribution in [0.3, 0.4) is 0 Å². The highest BCUT2D eigenvalue weighted by Crippen LogP contribution is 2.08. The van der Waals surface area contributed by atoms with Gasteiger partial charge in [0.15, 0.2) is 0 Å². The second kappa shape index (κ2) is 5.14. The highest BCUT2D eigenvalue weighted by molar-refractivity contribution is 5.73. The first-order valence-electron chi connectivity index (χ1n) is 4.80. The number of nitrogens with two attached hydrogens (primary N) is 1. The van der Waals surface area contributed by atoms with Crippen LogP contribution in [0.1, 0.15) is 32.1 Å². The molecular formula is C9H18N2O. The number of carbonyl (C=O) groups is 1. The number of amides is 1. The topological polar surface area (TPSA) is 46.3 Å². The lowest BCUT2D eigenvalue weighted by Crippen LogP contribution is -2.31. The summed E-state index contributed by atoms with van der Waals surface area (Å²) in [6.45, 7) is 3.46. The minimum atomic E-state index is -0.174. The summed E-state index contributed by atoms with van der Waals surface area (Å²) in [5, 5.41) is 0. The van der Waals surface area contributed by atoms with Crippen LogP contribution in [0.2, 0.25) is 0 Å². The minimum Gasteiger partial charge on any atom is -0.370 e. The Balaban J connectivity index is 2.01. The molecule has 0 unspecified atom stereocenters. The summed E-state index contributed by atoms with van der Waals surface area (Å²) < 4.78 is 0. The van der Waals surface area contributed by atoms with Crippen LogP contribution in [0.25, 0.3) is 0 Å². The fourth-order valence-electron chi connectivity index (χ4n) is 1.66. The Labute approximate surface area is 73.9 Å². The maximum atomic E-state index is 10.4. The monoisotopic (exact) mass is 170 g/mol. The van der Waals surface area contributed by atoms with E-state index in [1.807, 2.05) is 0 Å². The van der Waals surface area contributed by atoms with E-state index in [4.69, 9.17) is 5.73 Å². The molecule has 12 heavy (non-hydrogen) atoms. The van der Waals surface area contributed by atoms with Crippen LogP contribution >= 0.6 is 0 Å². The van der Waals surface area contributed by atoms with Gasteiger partial charge >= 0.3 is 0 Å². The third-order valence-electron chi connectivity index (χ3n) is 2.35. The zero-order valence-corrected chi connectivity index (χ0v) is 7.59. The molecule has 1 amide bonds. The normalized spacial score (nSPS) is 19.3. The van der Waals surface area contributed by atoms with Gasteiger partial charge in [-0.3, -0.25) is 4.79 Å². The first-order chi connectivity index (χ1) is 5.79. The summed E-state index contributed by atoms with van der Waals surface area (Å²) in [5.41, 5.74) is 5.05. The van der Waals surface area contributed by atoms with Gasteiger partial charge in [-0.15, -0.1) is 0 Å². The van der Waals surface area contributed by atoms with E-state index in [0.717, 1.165) is 13.0 Å². The molecule has 1 rings (SSSR count). The Morgan fingerprint density at radius 2 is 1.92 bits per heavy atom. The summed E-state index contributed by atoms with van der Waals surface area (Å²) in [7, 11) is 0. The van der Waals surface area contributed by atoms with Crippen molar-refractivity contribution in [1.82, 2.24) is 4.90 Å². The molecule has 0 atom stereocenters. The zero-order chi connectivity index (χ0) is 8.81. The maximum absolute atomic E-state index is 10.4. The molecule has 0 aromatic rings. The summed E-state index contributed by atoms with van der Waals surface area (Å²) in [5.74, 6) is -0.174. The molecule has 0 radical (unpaired) electrons. The van der Waals surface area contributed by atoms with Crippen LogP contribution in [0.5, 0.6) is 0 Å². The maximum Gasteiger partial charge on any atom is 0.217 e. The first-order valence-corrected chi connectivity index (χ1v) is 4.80. The third kappa shape index (κ3) is 3.72. The fraction of sp³-hybridized carbons (Fsp3) is 0.889. The fourth-order valence-corrected chi connectivity index (χ4v) is 1.66. The molecule has 3 nitrogen and oxygen atoms in total. The van der Waals surface area contributed by atoms with E-state index >= 15 is 0 Å². The largest absolute Gasteiger partial charge is 0.370 e. The van der Waals surface area contributed by atoms with Crippen molar-refractivity contribution in [2.75, 3.05) is 19.6 Å². The molecule has 1 saturated heterocycles. The van der Waals surface area contributed by atoms with Gasteiger partial charge in [-0.25, -0.2) is 0 Å². The van der Waals surface area contributed by atoms with Gasteiger partial charge in [-0.2, -0.15) is 0 Å². The van der Waals surface area contributed by atoms with Gasteiger partial charge < -0.3 is 10.6 Å². The summed E-state index contributed by atoms with van der Waals surface area (Å²) >= 11 is 0. The molecule has 1 aliphatic heterocycles. The smallest absolute Gasteiger partial charge is 0.217 e. The average molecular weight is 170 g/mol. The van der Waals surface area contributed by atoms with E-state index < -0.39 is 0 Å². The number of carbonyl (C=O) groups excluding carboxylic acids is 1. The number of hydrogen-bond donors (Lipinski definition) is 1. The predicted octanol–water partition coefficient (Wildman–Crippen LogP) is 0.738. The van der Waals surface area contributed by atoms with E-state index in [1.165, 1.54) is 32.4 Å². The number of piperidine rings is 1. The number of rotatable bonds is 4. The highest BCUT2D eigenvalue weighted by Gasteiger charge is 2.09. The molecular weight excluding hydrogens is 152 g/mol. The van der Waals surface area contributed by atoms with Gasteiger partial charge in [0.05, 0.1) is 0 Å². The van der Waals surface area contributed by atoms with Crippen LogP contribution in [-0.2, 0) is 4.79 Å². The molecule has 0 aromatic heterocycles. The molecule has 0 aliphatic carbocycles. The third-order valence-corrected chi connectivity index (χ3v) is 2.35. The lowest BCUT2D eigenvalue weighted by molar-refractivity contribution is -0.118. The van der Waals surface area contributed by atoms with Crippen LogP contribution in [-0.4, -0.2) is 30.4 Å². The van der Waals surface area contributed by atoms with Gasteiger partial charge in [-0.1, -0.05) is 6.42 Å². The SMILES string of the molecule is NC(=O)CCCN1CCCCC1. The van der Waals surface area contributed by atoms with Crippen molar-refractivity contribution in [2.45, 2.75) is 32.1 Å². The average Bonchev–Trinajstić information content (AvgIpc) is 2.05. The first kappa shape index (κ1) is 9.52. The molecule has 0 bridgehead atoms. The van der Waals surface area contributed by atoms with Crippen LogP contribution in [0.4, 0.5) is 0 Å². The Morgan fingerprint density at radius 3 is 2.50 bits per heavy atom. The van der Waals surface area contributed by atoms with E-state index in [9.17, 15) is 4.79 Å². The zero-order valence-electron chi connectivity index (χ0n) is 7.59. The standard InChI is InChI=1S/C9H18N2O/c10-9(12)5-4-8-11-6-2-1-3-7-11/h1-8H2,(H2,10,12). The van der Waals surface area contributed by atoms with Gasteiger partial charge in [0.1, 0.15) is 0 Å². The van der Waals surface area contributed by atoms with Crippen molar-refractivity contribution >= 4 is 5.91 Å². The van der Waals surface area contributed by atoms with Crippen molar-refractivity contribution in [2.24, 2.45) is 5.73 Å². The van der Waals surface area contributed by atoms with E-state index in [1.54, 1.807) is 0 Å². The van der Waals surface area contributed by atoms with Gasteiger partial charge in [0.2, 0.25) is 5.91 Å². The van der Waals surface area contributed by atoms with Gasteiger partial charge in [0.25, 0.3) is 0 Å². The molecule has 70 valence electrons. The van der Waals surface area contributed by atoms with Gasteiger partial charge in [-0.05, 0) is 38.9 Å². The second-order valence-corrected chi connectivity index (χ2v) is 3.47. The molecule has 1 heterocycles. The second-order valence-electron chi connectivity index (χ2n) is 3.47. The van der Waals surface area contributed by atoms with Crippen molar-refractivity contribution in [3.63, 3.8) is 0 Å². The molecule has 3 heteroatoms. The number of primary amides is 1. The molecule has 0 aromatic carbocycles. The summed E-state index contributed by atoms with van der Waals surface area (Å²) in [6, 6.07) is 0. The lowest BCUT2D eigenvalue weighted by atomic mass is 10.1. The minimum absolute atomic E-state index is 0.174. The van der Waals surface area contributed by atoms with E-state index in [0.29, 0.717) is 6.42 Å². The van der Waals surface area contributed by atoms with Crippen molar-refractivity contribution in [3.8, 4) is 0 Å². The van der Waals surface area contributed by atoms with E-state index in [-0.39, 0.29) is 5.91 Å². The quantitative estimate of drug-likeness (QED) is 0.676. The van der Waals surface area contributed by atoms with E-state index in [2.05, 4.69) is 4.90 Å². The van der Waals surface area contributed by atoms with Gasteiger partial charge in [0, 0.05) is 6.42 Å². The molecule has 1 fully saturated rings. The van der Waals surface area contributed by atoms with Crippen LogP contribution in [0, 0.1) is 0 Å². The van der Waals surface area contributed by atoms with Crippen LogP contribution < -0.4 is 5.73 Å². The Bertz CT molecular complexity index is 141. The van der Waals surface area contributed by atoms with Crippen LogP contribution in [0.15, 0.2) is 0 Å². The number of likely N-dealkylation sites (tertiary alicyclic amines) is 1. The van der Waals surface area contributed by atoms with Crippen molar-refractivity contribution < 1.29 is 4.79 Å². The Morgan fingerprint density at radius 1 is 1.25 bits per heavy atom. The van der Waals surface area contributed by atoms with Crippen molar-refractivity contribution in [1.29, 1.82) is 0 Å². The Hall–Kier alpha value is -0.570. The molecule has 0 saturated carbocycles. The lowest BCUT2D eigenvalue weighted by Gasteiger charge is -2.25. The predicted molar refractivity (Wildman–Crippen MR) is 48.7 cm³/mol. The number of nitrogens with zero attached hydrogens (tertiary/aromatic N) is 1. The van der Waals surface area contributed by atoms with Crippen molar-refractivity contribution in [3.05, 3.63) is 0 Å².